The highest BCUT2D eigenvalue weighted by Gasteiger charge is 2.07. The van der Waals surface area contributed by atoms with E-state index in [1.807, 2.05) is 68.4 Å². The average molecular weight is 453 g/mol. The Hall–Kier alpha value is -3.51. The Bertz CT molecular complexity index is 1070. The second kappa shape index (κ2) is 11.8. The van der Waals surface area contributed by atoms with Crippen molar-refractivity contribution < 1.29 is 19.1 Å². The van der Waals surface area contributed by atoms with Crippen LogP contribution >= 0.6 is 11.6 Å². The van der Waals surface area contributed by atoms with Gasteiger partial charge >= 0.3 is 0 Å². The average Bonchev–Trinajstić information content (AvgIpc) is 2.78. The van der Waals surface area contributed by atoms with E-state index < -0.39 is 0 Å². The number of amides is 1. The maximum Gasteiger partial charge on any atom is 0.265 e. The zero-order valence-electron chi connectivity index (χ0n) is 18.0. The maximum absolute atomic E-state index is 11.9. The van der Waals surface area contributed by atoms with Crippen molar-refractivity contribution in [3.05, 3.63) is 88.4 Å². The quantitative estimate of drug-likeness (QED) is 0.320. The van der Waals surface area contributed by atoms with Gasteiger partial charge in [0.2, 0.25) is 0 Å². The molecular weight excluding hydrogens is 428 g/mol. The predicted octanol–water partition coefficient (Wildman–Crippen LogP) is 5.62. The molecular formula is C25H25ClN2O4. The minimum Gasteiger partial charge on any atom is -0.490 e. The summed E-state index contributed by atoms with van der Waals surface area (Å²) in [5.74, 6) is 0.920. The van der Waals surface area contributed by atoms with Crippen LogP contribution in [0, 0.1) is 6.92 Å². The second-order valence-corrected chi connectivity index (χ2v) is 7.42. The number of hydrogen-bond donors (Lipinski definition) is 1. The molecule has 0 unspecified atom stereocenters. The SMILES string of the molecule is CCOc1cc(C=NOCC(=O)Nc2ccc(C)cc2)ccc1OCc1cccc(Cl)c1. The predicted molar refractivity (Wildman–Crippen MR) is 127 cm³/mol. The van der Waals surface area contributed by atoms with Crippen LogP contribution in [0.15, 0.2) is 71.9 Å². The van der Waals surface area contributed by atoms with Gasteiger partial charge in [-0.15, -0.1) is 0 Å². The van der Waals surface area contributed by atoms with Gasteiger partial charge in [0.15, 0.2) is 18.1 Å². The zero-order valence-corrected chi connectivity index (χ0v) is 18.8. The molecule has 0 aliphatic carbocycles. The molecule has 0 atom stereocenters. The minimum atomic E-state index is -0.286. The van der Waals surface area contributed by atoms with Gasteiger partial charge in [0.05, 0.1) is 12.8 Å². The third-order valence-corrected chi connectivity index (χ3v) is 4.59. The molecule has 0 bridgehead atoms. The van der Waals surface area contributed by atoms with Crippen molar-refractivity contribution in [3.8, 4) is 11.5 Å². The normalized spacial score (nSPS) is 10.7. The summed E-state index contributed by atoms with van der Waals surface area (Å²) in [6, 6.07) is 20.5. The highest BCUT2D eigenvalue weighted by Crippen LogP contribution is 2.29. The molecule has 32 heavy (non-hydrogen) atoms. The van der Waals surface area contributed by atoms with Gasteiger partial charge in [-0.05, 0) is 61.9 Å². The Morgan fingerprint density at radius 1 is 1.03 bits per heavy atom. The molecule has 0 spiro atoms. The Kier molecular flexibility index (Phi) is 8.52. The van der Waals surface area contributed by atoms with Gasteiger partial charge < -0.3 is 19.6 Å². The van der Waals surface area contributed by atoms with E-state index in [1.54, 1.807) is 12.1 Å². The topological polar surface area (TPSA) is 69.2 Å². The van der Waals surface area contributed by atoms with Crippen molar-refractivity contribution in [2.24, 2.45) is 5.16 Å². The molecule has 1 amide bonds. The highest BCUT2D eigenvalue weighted by atomic mass is 35.5. The van der Waals surface area contributed by atoms with Crippen LogP contribution in [-0.2, 0) is 16.2 Å². The molecule has 166 valence electrons. The number of carbonyl (C=O) groups is 1. The van der Waals surface area contributed by atoms with Gasteiger partial charge in [0, 0.05) is 16.3 Å². The fourth-order valence-electron chi connectivity index (χ4n) is 2.81. The molecule has 0 radical (unpaired) electrons. The molecule has 3 rings (SSSR count). The van der Waals surface area contributed by atoms with Crippen molar-refractivity contribution in [1.29, 1.82) is 0 Å². The van der Waals surface area contributed by atoms with Gasteiger partial charge in [-0.3, -0.25) is 4.79 Å². The van der Waals surface area contributed by atoms with E-state index in [-0.39, 0.29) is 12.5 Å². The first-order valence-electron chi connectivity index (χ1n) is 10.2. The molecule has 0 fully saturated rings. The lowest BCUT2D eigenvalue weighted by Crippen LogP contribution is -2.16. The van der Waals surface area contributed by atoms with Crippen LogP contribution in [0.1, 0.15) is 23.6 Å². The molecule has 3 aromatic carbocycles. The lowest BCUT2D eigenvalue weighted by molar-refractivity contribution is -0.120. The summed E-state index contributed by atoms with van der Waals surface area (Å²) in [4.78, 5) is 17.1. The van der Waals surface area contributed by atoms with Crippen molar-refractivity contribution in [1.82, 2.24) is 0 Å². The van der Waals surface area contributed by atoms with Crippen molar-refractivity contribution in [2.45, 2.75) is 20.5 Å². The van der Waals surface area contributed by atoms with Gasteiger partial charge in [0.1, 0.15) is 6.61 Å². The van der Waals surface area contributed by atoms with E-state index in [9.17, 15) is 4.79 Å². The van der Waals surface area contributed by atoms with E-state index in [2.05, 4.69) is 10.5 Å². The van der Waals surface area contributed by atoms with E-state index in [1.165, 1.54) is 6.21 Å². The number of benzene rings is 3. The zero-order chi connectivity index (χ0) is 22.8. The third kappa shape index (κ3) is 7.32. The number of halogens is 1. The smallest absolute Gasteiger partial charge is 0.265 e. The summed E-state index contributed by atoms with van der Waals surface area (Å²) < 4.78 is 11.6. The molecule has 0 heterocycles. The monoisotopic (exact) mass is 452 g/mol. The maximum atomic E-state index is 11.9. The van der Waals surface area contributed by atoms with E-state index in [4.69, 9.17) is 25.9 Å². The molecule has 0 aromatic heterocycles. The number of carbonyl (C=O) groups excluding carboxylic acids is 1. The second-order valence-electron chi connectivity index (χ2n) is 6.98. The largest absolute Gasteiger partial charge is 0.490 e. The van der Waals surface area contributed by atoms with E-state index in [0.717, 1.165) is 16.7 Å². The summed E-state index contributed by atoms with van der Waals surface area (Å²) in [6.45, 7) is 4.55. The van der Waals surface area contributed by atoms with E-state index >= 15 is 0 Å². The first-order chi connectivity index (χ1) is 15.5. The Morgan fingerprint density at radius 3 is 2.59 bits per heavy atom. The van der Waals surface area contributed by atoms with Gasteiger partial charge in [-0.25, -0.2) is 0 Å². The first-order valence-corrected chi connectivity index (χ1v) is 10.6. The number of ether oxygens (including phenoxy) is 2. The molecule has 0 aliphatic rings. The number of nitrogens with zero attached hydrogens (tertiary/aromatic N) is 1. The van der Waals surface area contributed by atoms with Crippen LogP contribution in [0.25, 0.3) is 0 Å². The van der Waals surface area contributed by atoms with Gasteiger partial charge in [0.25, 0.3) is 5.91 Å². The van der Waals surface area contributed by atoms with Crippen LogP contribution in [0.3, 0.4) is 0 Å². The van der Waals surface area contributed by atoms with Crippen LogP contribution in [-0.4, -0.2) is 25.3 Å². The molecule has 1 N–H and O–H groups in total. The molecule has 3 aromatic rings. The van der Waals surface area contributed by atoms with Crippen molar-refractivity contribution in [3.63, 3.8) is 0 Å². The van der Waals surface area contributed by atoms with Crippen LogP contribution in [0.5, 0.6) is 11.5 Å². The Labute approximate surface area is 192 Å². The summed E-state index contributed by atoms with van der Waals surface area (Å²) in [6.07, 6.45) is 1.52. The van der Waals surface area contributed by atoms with Gasteiger partial charge in [-0.2, -0.15) is 0 Å². The van der Waals surface area contributed by atoms with Crippen LogP contribution in [0.4, 0.5) is 5.69 Å². The Balaban J connectivity index is 1.54. The van der Waals surface area contributed by atoms with Crippen molar-refractivity contribution in [2.75, 3.05) is 18.5 Å². The number of rotatable bonds is 10. The lowest BCUT2D eigenvalue weighted by Gasteiger charge is -2.12. The van der Waals surface area contributed by atoms with Crippen LogP contribution in [0.2, 0.25) is 5.02 Å². The number of hydrogen-bond acceptors (Lipinski definition) is 5. The number of anilines is 1. The number of nitrogens with one attached hydrogen (secondary N) is 1. The van der Waals surface area contributed by atoms with Gasteiger partial charge in [-0.1, -0.05) is 46.6 Å². The number of aryl methyl sites for hydroxylation is 1. The first kappa shape index (κ1) is 23.2. The minimum absolute atomic E-state index is 0.191. The highest BCUT2D eigenvalue weighted by molar-refractivity contribution is 6.30. The fraction of sp³-hybridized carbons (Fsp3) is 0.200. The van der Waals surface area contributed by atoms with E-state index in [0.29, 0.717) is 35.4 Å². The molecule has 0 saturated heterocycles. The number of oxime groups is 1. The molecule has 0 aliphatic heterocycles. The summed E-state index contributed by atoms with van der Waals surface area (Å²) >= 11 is 6.02. The fourth-order valence-corrected chi connectivity index (χ4v) is 3.02. The standard InChI is InChI=1S/C25H25ClN2O4/c1-3-30-24-14-19(9-12-23(24)31-16-20-5-4-6-21(26)13-20)15-27-32-17-25(29)28-22-10-7-18(2)8-11-22/h4-15H,3,16-17H2,1-2H3,(H,28,29). The summed E-state index contributed by atoms with van der Waals surface area (Å²) in [5, 5.41) is 7.29. The lowest BCUT2D eigenvalue weighted by atomic mass is 10.2. The molecule has 6 nitrogen and oxygen atoms in total. The van der Waals surface area contributed by atoms with Crippen LogP contribution < -0.4 is 14.8 Å². The Morgan fingerprint density at radius 2 is 1.84 bits per heavy atom. The summed E-state index contributed by atoms with van der Waals surface area (Å²) in [5.41, 5.74) is 3.55. The summed E-state index contributed by atoms with van der Waals surface area (Å²) in [7, 11) is 0. The van der Waals surface area contributed by atoms with Crippen molar-refractivity contribution >= 4 is 29.4 Å². The third-order valence-electron chi connectivity index (χ3n) is 4.36. The molecule has 7 heteroatoms. The molecule has 0 saturated carbocycles.